The smallest absolute Gasteiger partial charge is 0.269 e. The number of carbonyl (C=O) groups excluding carboxylic acids is 2. The van der Waals surface area contributed by atoms with Crippen LogP contribution in [0.25, 0.3) is 0 Å². The van der Waals surface area contributed by atoms with Crippen molar-refractivity contribution < 1.29 is 19.2 Å². The Morgan fingerprint density at radius 1 is 1.35 bits per heavy atom. The van der Waals surface area contributed by atoms with E-state index in [0.29, 0.717) is 17.0 Å². The minimum absolute atomic E-state index is 0.00777. The van der Waals surface area contributed by atoms with E-state index < -0.39 is 10.8 Å². The van der Waals surface area contributed by atoms with Gasteiger partial charge in [0, 0.05) is 30.2 Å². The number of nitro benzene ring substituents is 1. The third-order valence-electron chi connectivity index (χ3n) is 4.56. The number of nitriles is 1. The molecule has 2 aromatic carbocycles. The lowest BCUT2D eigenvalue weighted by atomic mass is 9.87. The SMILES string of the molecule is COc1ccc(NC(=O)CSC2=C(C#N)[C@H](c3cccc([N+](=O)[O-])c3)CC(=O)N2)cc1. The molecule has 9 nitrogen and oxygen atoms in total. The summed E-state index contributed by atoms with van der Waals surface area (Å²) in [7, 11) is 1.55. The summed E-state index contributed by atoms with van der Waals surface area (Å²) in [6.07, 6.45) is -0.00777. The summed E-state index contributed by atoms with van der Waals surface area (Å²) in [4.78, 5) is 35.1. The molecule has 0 spiro atoms. The first-order chi connectivity index (χ1) is 14.9. The van der Waals surface area contributed by atoms with Gasteiger partial charge in [0.25, 0.3) is 5.69 Å². The van der Waals surface area contributed by atoms with Gasteiger partial charge in [0.1, 0.15) is 5.75 Å². The molecular weight excluding hydrogens is 420 g/mol. The van der Waals surface area contributed by atoms with Gasteiger partial charge in [0.05, 0.1) is 34.5 Å². The molecular formula is C21H18N4O5S. The van der Waals surface area contributed by atoms with E-state index in [1.165, 1.54) is 18.2 Å². The zero-order valence-corrected chi connectivity index (χ0v) is 17.3. The molecule has 2 N–H and O–H groups in total. The Bertz CT molecular complexity index is 1090. The minimum Gasteiger partial charge on any atom is -0.497 e. The van der Waals surface area contributed by atoms with Crippen molar-refractivity contribution in [3.63, 3.8) is 0 Å². The van der Waals surface area contributed by atoms with Crippen LogP contribution in [0, 0.1) is 21.4 Å². The molecule has 2 amide bonds. The van der Waals surface area contributed by atoms with Crippen molar-refractivity contribution in [2.24, 2.45) is 0 Å². The summed E-state index contributed by atoms with van der Waals surface area (Å²) in [6, 6.07) is 14.8. The van der Waals surface area contributed by atoms with E-state index >= 15 is 0 Å². The molecule has 1 aliphatic rings. The number of hydrogen-bond donors (Lipinski definition) is 2. The Labute approximate surface area is 182 Å². The van der Waals surface area contributed by atoms with E-state index in [4.69, 9.17) is 4.74 Å². The van der Waals surface area contributed by atoms with Gasteiger partial charge in [-0.1, -0.05) is 23.9 Å². The number of ether oxygens (including phenoxy) is 1. The van der Waals surface area contributed by atoms with Crippen LogP contribution in [0.1, 0.15) is 17.9 Å². The van der Waals surface area contributed by atoms with Gasteiger partial charge >= 0.3 is 0 Å². The maximum absolute atomic E-state index is 12.3. The molecule has 0 saturated heterocycles. The first-order valence-electron chi connectivity index (χ1n) is 9.16. The third kappa shape index (κ3) is 5.40. The molecule has 2 aromatic rings. The van der Waals surface area contributed by atoms with Gasteiger partial charge in [-0.25, -0.2) is 0 Å². The van der Waals surface area contributed by atoms with Crippen LogP contribution >= 0.6 is 11.8 Å². The summed E-state index contributed by atoms with van der Waals surface area (Å²) < 4.78 is 5.07. The molecule has 0 radical (unpaired) electrons. The molecule has 1 aliphatic heterocycles. The molecule has 0 aliphatic carbocycles. The predicted octanol–water partition coefficient (Wildman–Crippen LogP) is 3.31. The van der Waals surface area contributed by atoms with Crippen LogP contribution in [0.3, 0.4) is 0 Å². The normalized spacial score (nSPS) is 15.6. The number of hydrogen-bond acceptors (Lipinski definition) is 7. The van der Waals surface area contributed by atoms with Crippen molar-refractivity contribution in [3.05, 3.63) is 74.8 Å². The van der Waals surface area contributed by atoms with Gasteiger partial charge in [0.2, 0.25) is 11.8 Å². The van der Waals surface area contributed by atoms with Crippen molar-refractivity contribution in [3.8, 4) is 11.8 Å². The molecule has 1 atom stereocenters. The van der Waals surface area contributed by atoms with Crippen LogP contribution in [0.15, 0.2) is 59.1 Å². The van der Waals surface area contributed by atoms with Gasteiger partial charge in [0.15, 0.2) is 0 Å². The van der Waals surface area contributed by atoms with Crippen molar-refractivity contribution >= 4 is 35.0 Å². The molecule has 0 aromatic heterocycles. The summed E-state index contributed by atoms with van der Waals surface area (Å²) in [5.74, 6) is -0.631. The van der Waals surface area contributed by atoms with Crippen molar-refractivity contribution in [1.29, 1.82) is 5.26 Å². The molecule has 0 saturated carbocycles. The fourth-order valence-corrected chi connectivity index (χ4v) is 3.96. The number of carbonyl (C=O) groups is 2. The summed E-state index contributed by atoms with van der Waals surface area (Å²) >= 11 is 1.03. The van der Waals surface area contributed by atoms with Crippen LogP contribution in [0.5, 0.6) is 5.75 Å². The molecule has 0 fully saturated rings. The largest absolute Gasteiger partial charge is 0.497 e. The zero-order chi connectivity index (χ0) is 22.4. The number of nitro groups is 1. The Balaban J connectivity index is 1.75. The van der Waals surface area contributed by atoms with Crippen molar-refractivity contribution in [1.82, 2.24) is 5.32 Å². The topological polar surface area (TPSA) is 134 Å². The quantitative estimate of drug-likeness (QED) is 0.500. The lowest BCUT2D eigenvalue weighted by molar-refractivity contribution is -0.384. The number of amides is 2. The van der Waals surface area contributed by atoms with Crippen molar-refractivity contribution in [2.75, 3.05) is 18.2 Å². The summed E-state index contributed by atoms with van der Waals surface area (Å²) in [6.45, 7) is 0. The van der Waals surface area contributed by atoms with E-state index in [-0.39, 0.29) is 40.3 Å². The second-order valence-electron chi connectivity index (χ2n) is 6.58. The Kier molecular flexibility index (Phi) is 6.89. The lowest BCUT2D eigenvalue weighted by Gasteiger charge is -2.24. The maximum Gasteiger partial charge on any atom is 0.269 e. The first-order valence-corrected chi connectivity index (χ1v) is 10.1. The highest BCUT2D eigenvalue weighted by molar-refractivity contribution is 8.03. The molecule has 0 unspecified atom stereocenters. The van der Waals surface area contributed by atoms with E-state index in [0.717, 1.165) is 11.8 Å². The Morgan fingerprint density at radius 2 is 2.10 bits per heavy atom. The van der Waals surface area contributed by atoms with Gasteiger partial charge in [-0.05, 0) is 29.8 Å². The third-order valence-corrected chi connectivity index (χ3v) is 5.58. The van der Waals surface area contributed by atoms with Crippen LogP contribution in [0.2, 0.25) is 0 Å². The molecule has 31 heavy (non-hydrogen) atoms. The Morgan fingerprint density at radius 3 is 2.74 bits per heavy atom. The monoisotopic (exact) mass is 438 g/mol. The number of benzene rings is 2. The predicted molar refractivity (Wildman–Crippen MR) is 115 cm³/mol. The van der Waals surface area contributed by atoms with E-state index in [2.05, 4.69) is 16.7 Å². The molecule has 1 heterocycles. The average molecular weight is 438 g/mol. The number of thioether (sulfide) groups is 1. The maximum atomic E-state index is 12.3. The number of allylic oxidation sites excluding steroid dienone is 1. The van der Waals surface area contributed by atoms with Crippen LogP contribution in [-0.2, 0) is 9.59 Å². The number of nitrogens with zero attached hydrogens (tertiary/aromatic N) is 2. The van der Waals surface area contributed by atoms with Crippen molar-refractivity contribution in [2.45, 2.75) is 12.3 Å². The van der Waals surface area contributed by atoms with Gasteiger partial charge in [-0.3, -0.25) is 19.7 Å². The first kappa shape index (κ1) is 21.9. The van der Waals surface area contributed by atoms with Crippen LogP contribution < -0.4 is 15.4 Å². The molecule has 3 rings (SSSR count). The summed E-state index contributed by atoms with van der Waals surface area (Å²) in [5, 5.41) is 26.4. The standard InChI is InChI=1S/C21H18N4O5S/c1-30-16-7-5-14(6-8-16)23-20(27)12-31-21-18(11-22)17(10-19(26)24-21)13-3-2-4-15(9-13)25(28)29/h2-9,17H,10,12H2,1H3,(H,23,27)(H,24,26)/t17-/m0/s1. The number of methoxy groups -OCH3 is 1. The van der Waals surface area contributed by atoms with Gasteiger partial charge in [-0.15, -0.1) is 0 Å². The molecule has 158 valence electrons. The summed E-state index contributed by atoms with van der Waals surface area (Å²) in [5.41, 5.74) is 1.24. The Hall–Kier alpha value is -3.84. The fourth-order valence-electron chi connectivity index (χ4n) is 3.08. The highest BCUT2D eigenvalue weighted by Gasteiger charge is 2.30. The zero-order valence-electron chi connectivity index (χ0n) is 16.5. The highest BCUT2D eigenvalue weighted by atomic mass is 32.2. The van der Waals surface area contributed by atoms with Gasteiger partial charge < -0.3 is 15.4 Å². The van der Waals surface area contributed by atoms with E-state index in [1.807, 2.05) is 0 Å². The highest BCUT2D eigenvalue weighted by Crippen LogP contribution is 2.36. The van der Waals surface area contributed by atoms with Crippen LogP contribution in [-0.4, -0.2) is 29.6 Å². The fraction of sp³-hybridized carbons (Fsp3) is 0.190. The second-order valence-corrected chi connectivity index (χ2v) is 7.56. The van der Waals surface area contributed by atoms with Gasteiger partial charge in [-0.2, -0.15) is 5.26 Å². The molecule has 10 heteroatoms. The van der Waals surface area contributed by atoms with E-state index in [1.54, 1.807) is 37.4 Å². The number of rotatable bonds is 7. The number of nitrogens with one attached hydrogen (secondary N) is 2. The second kappa shape index (κ2) is 9.77. The van der Waals surface area contributed by atoms with Crippen LogP contribution in [0.4, 0.5) is 11.4 Å². The number of anilines is 1. The average Bonchev–Trinajstić information content (AvgIpc) is 2.77. The number of non-ortho nitro benzene ring substituents is 1. The lowest BCUT2D eigenvalue weighted by Crippen LogP contribution is -2.31. The van der Waals surface area contributed by atoms with E-state index in [9.17, 15) is 25.0 Å². The molecule has 0 bridgehead atoms. The minimum atomic E-state index is -0.620.